The van der Waals surface area contributed by atoms with Crippen LogP contribution in [-0.2, 0) is 0 Å². The molecule has 2 aromatic carbocycles. The molecule has 0 unspecified atom stereocenters. The van der Waals surface area contributed by atoms with Gasteiger partial charge < -0.3 is 4.90 Å². The predicted octanol–water partition coefficient (Wildman–Crippen LogP) is 3.77. The van der Waals surface area contributed by atoms with Gasteiger partial charge in [-0.05, 0) is 37.1 Å². The van der Waals surface area contributed by atoms with Crippen LogP contribution in [0.4, 0.5) is 5.69 Å². The van der Waals surface area contributed by atoms with E-state index in [0.717, 1.165) is 11.3 Å². The van der Waals surface area contributed by atoms with E-state index in [2.05, 4.69) is 32.0 Å². The Labute approximate surface area is 108 Å². The molecule has 0 fully saturated rings. The summed E-state index contributed by atoms with van der Waals surface area (Å²) in [5, 5.41) is 8.24. The van der Waals surface area contributed by atoms with Crippen LogP contribution in [0.3, 0.4) is 0 Å². The van der Waals surface area contributed by atoms with Gasteiger partial charge in [-0.15, -0.1) is 0 Å². The number of nitrogens with zero attached hydrogens (tertiary/aromatic N) is 1. The first-order chi connectivity index (χ1) is 8.58. The van der Waals surface area contributed by atoms with Gasteiger partial charge in [-0.2, -0.15) is 0 Å². The summed E-state index contributed by atoms with van der Waals surface area (Å²) in [5.74, 6) is 0.514. The summed E-state index contributed by atoms with van der Waals surface area (Å²) >= 11 is 0. The van der Waals surface area contributed by atoms with Gasteiger partial charge in [0.2, 0.25) is 0 Å². The Morgan fingerprint density at radius 3 is 2.06 bits per heavy atom. The second kappa shape index (κ2) is 5.05. The van der Waals surface area contributed by atoms with E-state index in [0.29, 0.717) is 5.84 Å². The highest BCUT2D eigenvalue weighted by Gasteiger charge is 2.09. The predicted molar refractivity (Wildman–Crippen MR) is 77.6 cm³/mol. The average Bonchev–Trinajstić information content (AvgIpc) is 2.37. The monoisotopic (exact) mass is 238 g/mol. The van der Waals surface area contributed by atoms with Crippen LogP contribution in [0.25, 0.3) is 0 Å². The number of amidine groups is 1. The third-order valence-electron chi connectivity index (χ3n) is 2.98. The summed E-state index contributed by atoms with van der Waals surface area (Å²) in [6.07, 6.45) is 0. The molecule has 0 aliphatic rings. The lowest BCUT2D eigenvalue weighted by Gasteiger charge is -2.21. The maximum Gasteiger partial charge on any atom is 0.132 e. The van der Waals surface area contributed by atoms with E-state index in [1.165, 1.54) is 11.1 Å². The van der Waals surface area contributed by atoms with Crippen molar-refractivity contribution in [2.75, 3.05) is 11.9 Å². The maximum atomic E-state index is 8.24. The molecule has 2 nitrogen and oxygen atoms in total. The van der Waals surface area contributed by atoms with Gasteiger partial charge in [-0.25, -0.2) is 0 Å². The van der Waals surface area contributed by atoms with Crippen LogP contribution in [0.5, 0.6) is 0 Å². The molecule has 0 amide bonds. The van der Waals surface area contributed by atoms with E-state index in [9.17, 15) is 0 Å². The van der Waals surface area contributed by atoms with E-state index >= 15 is 0 Å². The van der Waals surface area contributed by atoms with Crippen molar-refractivity contribution in [3.63, 3.8) is 0 Å². The molecule has 0 aliphatic carbocycles. The van der Waals surface area contributed by atoms with Gasteiger partial charge >= 0.3 is 0 Å². The van der Waals surface area contributed by atoms with Gasteiger partial charge in [-0.3, -0.25) is 5.41 Å². The lowest BCUT2D eigenvalue weighted by atomic mass is 10.1. The van der Waals surface area contributed by atoms with Gasteiger partial charge in [0.15, 0.2) is 0 Å². The minimum atomic E-state index is 0.514. The standard InChI is InChI=1S/C16H18N2/c1-12-9-13(2)11-15(10-12)18(3)16(17)14-7-5-4-6-8-14/h4-11,17H,1-3H3. The minimum Gasteiger partial charge on any atom is -0.329 e. The van der Waals surface area contributed by atoms with Crippen molar-refractivity contribution in [3.8, 4) is 0 Å². The molecule has 1 N–H and O–H groups in total. The third kappa shape index (κ3) is 2.59. The fraction of sp³-hybridized carbons (Fsp3) is 0.188. The van der Waals surface area contributed by atoms with Gasteiger partial charge in [-0.1, -0.05) is 36.4 Å². The number of anilines is 1. The quantitative estimate of drug-likeness (QED) is 0.626. The Morgan fingerprint density at radius 1 is 0.944 bits per heavy atom. The highest BCUT2D eigenvalue weighted by atomic mass is 15.1. The highest BCUT2D eigenvalue weighted by molar-refractivity contribution is 6.07. The topological polar surface area (TPSA) is 27.1 Å². The number of aryl methyl sites for hydroxylation is 2. The highest BCUT2D eigenvalue weighted by Crippen LogP contribution is 2.19. The van der Waals surface area contributed by atoms with Crippen molar-refractivity contribution >= 4 is 11.5 Å². The first-order valence-electron chi connectivity index (χ1n) is 6.04. The largest absolute Gasteiger partial charge is 0.329 e. The first-order valence-corrected chi connectivity index (χ1v) is 6.04. The summed E-state index contributed by atoms with van der Waals surface area (Å²) in [7, 11) is 1.93. The van der Waals surface area contributed by atoms with E-state index in [4.69, 9.17) is 5.41 Å². The number of hydrogen-bond donors (Lipinski definition) is 1. The fourth-order valence-electron chi connectivity index (χ4n) is 2.06. The zero-order chi connectivity index (χ0) is 13.1. The molecule has 0 saturated heterocycles. The molecular formula is C16H18N2. The molecule has 0 aliphatic heterocycles. The molecule has 0 aromatic heterocycles. The van der Waals surface area contributed by atoms with Gasteiger partial charge in [0.05, 0.1) is 0 Å². The molecule has 0 bridgehead atoms. The molecular weight excluding hydrogens is 220 g/mol. The second-order valence-electron chi connectivity index (χ2n) is 4.62. The van der Waals surface area contributed by atoms with Gasteiger partial charge in [0, 0.05) is 18.3 Å². The minimum absolute atomic E-state index is 0.514. The Balaban J connectivity index is 2.31. The number of nitrogens with one attached hydrogen (secondary N) is 1. The normalized spacial score (nSPS) is 10.2. The maximum absolute atomic E-state index is 8.24. The van der Waals surface area contributed by atoms with E-state index in [-0.39, 0.29) is 0 Å². The van der Waals surface area contributed by atoms with Crippen LogP contribution in [-0.4, -0.2) is 12.9 Å². The zero-order valence-corrected chi connectivity index (χ0v) is 11.1. The van der Waals surface area contributed by atoms with Crippen molar-refractivity contribution in [2.45, 2.75) is 13.8 Å². The Kier molecular flexibility index (Phi) is 3.47. The van der Waals surface area contributed by atoms with Crippen LogP contribution in [0.15, 0.2) is 48.5 Å². The summed E-state index contributed by atoms with van der Waals surface area (Å²) in [4.78, 5) is 1.91. The Morgan fingerprint density at radius 2 is 1.50 bits per heavy atom. The molecule has 0 spiro atoms. The molecule has 0 radical (unpaired) electrons. The first kappa shape index (κ1) is 12.4. The smallest absolute Gasteiger partial charge is 0.132 e. The van der Waals surface area contributed by atoms with Gasteiger partial charge in [0.25, 0.3) is 0 Å². The van der Waals surface area contributed by atoms with E-state index < -0.39 is 0 Å². The lowest BCUT2D eigenvalue weighted by molar-refractivity contribution is 1.21. The third-order valence-corrected chi connectivity index (χ3v) is 2.98. The average molecular weight is 238 g/mol. The number of hydrogen-bond acceptors (Lipinski definition) is 1. The van der Waals surface area contributed by atoms with Gasteiger partial charge in [0.1, 0.15) is 5.84 Å². The number of rotatable bonds is 2. The zero-order valence-electron chi connectivity index (χ0n) is 11.1. The fourth-order valence-corrected chi connectivity index (χ4v) is 2.06. The van der Waals surface area contributed by atoms with Crippen molar-refractivity contribution < 1.29 is 0 Å². The molecule has 0 atom stereocenters. The van der Waals surface area contributed by atoms with E-state index in [1.807, 2.05) is 42.3 Å². The van der Waals surface area contributed by atoms with Crippen LogP contribution in [0, 0.1) is 19.3 Å². The van der Waals surface area contributed by atoms with Crippen LogP contribution in [0.1, 0.15) is 16.7 Å². The van der Waals surface area contributed by atoms with Crippen LogP contribution >= 0.6 is 0 Å². The van der Waals surface area contributed by atoms with Crippen molar-refractivity contribution in [1.82, 2.24) is 0 Å². The number of benzene rings is 2. The molecule has 0 saturated carbocycles. The van der Waals surface area contributed by atoms with Crippen molar-refractivity contribution in [2.24, 2.45) is 0 Å². The Hall–Kier alpha value is -2.09. The van der Waals surface area contributed by atoms with Crippen molar-refractivity contribution in [1.29, 1.82) is 5.41 Å². The van der Waals surface area contributed by atoms with Crippen LogP contribution in [0.2, 0.25) is 0 Å². The molecule has 2 aromatic rings. The molecule has 2 rings (SSSR count). The summed E-state index contributed by atoms with van der Waals surface area (Å²) in [6.45, 7) is 4.16. The lowest BCUT2D eigenvalue weighted by Crippen LogP contribution is -2.26. The van der Waals surface area contributed by atoms with E-state index in [1.54, 1.807) is 0 Å². The second-order valence-corrected chi connectivity index (χ2v) is 4.62. The Bertz CT molecular complexity index is 538. The molecule has 0 heterocycles. The summed E-state index contributed by atoms with van der Waals surface area (Å²) < 4.78 is 0. The summed E-state index contributed by atoms with van der Waals surface area (Å²) in [5.41, 5.74) is 4.43. The van der Waals surface area contributed by atoms with Crippen molar-refractivity contribution in [3.05, 3.63) is 65.2 Å². The van der Waals surface area contributed by atoms with Crippen LogP contribution < -0.4 is 4.90 Å². The SMILES string of the molecule is Cc1cc(C)cc(N(C)C(=N)c2ccccc2)c1. The molecule has 18 heavy (non-hydrogen) atoms. The molecule has 92 valence electrons. The molecule has 2 heteroatoms. The summed E-state index contributed by atoms with van der Waals surface area (Å²) in [6, 6.07) is 16.1.